The maximum atomic E-state index is 13.1. The zero-order valence-electron chi connectivity index (χ0n) is 19.3. The van der Waals surface area contributed by atoms with E-state index in [1.165, 1.54) is 12.8 Å². The number of amides is 1. The first-order chi connectivity index (χ1) is 15.6. The highest BCUT2D eigenvalue weighted by Crippen LogP contribution is 2.36. The number of hydrogen-bond acceptors (Lipinski definition) is 4. The summed E-state index contributed by atoms with van der Waals surface area (Å²) in [4.78, 5) is 17.6. The average Bonchev–Trinajstić information content (AvgIpc) is 3.01. The largest absolute Gasteiger partial charge is 0.494 e. The maximum absolute atomic E-state index is 13.1. The Morgan fingerprint density at radius 2 is 1.72 bits per heavy atom. The number of unbranched alkanes of at least 4 members (excludes halogenated alkanes) is 1. The molecule has 0 aliphatic carbocycles. The average molecular weight is 435 g/mol. The minimum atomic E-state index is 0.0620. The van der Waals surface area contributed by atoms with Crippen LogP contribution in [0.25, 0.3) is 0 Å². The second-order valence-electron chi connectivity index (χ2n) is 9.48. The molecule has 2 saturated heterocycles. The second-order valence-corrected chi connectivity index (χ2v) is 9.48. The molecule has 0 N–H and O–H groups in total. The van der Waals surface area contributed by atoms with E-state index < -0.39 is 0 Å². The van der Waals surface area contributed by atoms with Gasteiger partial charge in [-0.15, -0.1) is 0 Å². The zero-order valence-corrected chi connectivity index (χ0v) is 19.3. The summed E-state index contributed by atoms with van der Waals surface area (Å²) in [5.41, 5.74) is 2.79. The van der Waals surface area contributed by atoms with E-state index in [1.807, 2.05) is 47.4 Å². The molecule has 0 radical (unpaired) electrons. The zero-order chi connectivity index (χ0) is 22.1. The molecule has 3 aliphatic heterocycles. The lowest BCUT2D eigenvalue weighted by Crippen LogP contribution is -2.43. The monoisotopic (exact) mass is 434 g/mol. The molecule has 32 heavy (non-hydrogen) atoms. The number of anilines is 1. The summed E-state index contributed by atoms with van der Waals surface area (Å²) in [7, 11) is 2.25. The van der Waals surface area contributed by atoms with Crippen molar-refractivity contribution in [2.75, 3.05) is 25.1 Å². The molecule has 0 unspecified atom stereocenters. The molecule has 0 spiro atoms. The summed E-state index contributed by atoms with van der Waals surface area (Å²) in [5.74, 6) is 1.83. The Hall–Kier alpha value is -2.53. The third kappa shape index (κ3) is 4.23. The fourth-order valence-corrected chi connectivity index (χ4v) is 5.49. The van der Waals surface area contributed by atoms with Crippen molar-refractivity contribution in [1.82, 2.24) is 4.90 Å². The number of rotatable bonds is 7. The number of carbonyl (C=O) groups excluding carboxylic acids is 1. The van der Waals surface area contributed by atoms with Crippen LogP contribution in [-0.4, -0.2) is 49.2 Å². The van der Waals surface area contributed by atoms with Gasteiger partial charge in [-0.25, -0.2) is 0 Å². The van der Waals surface area contributed by atoms with Crippen LogP contribution in [0.1, 0.15) is 61.4 Å². The Kier molecular flexibility index (Phi) is 6.09. The van der Waals surface area contributed by atoms with Gasteiger partial charge in [0.1, 0.15) is 17.6 Å². The Balaban J connectivity index is 1.23. The number of benzene rings is 2. The van der Waals surface area contributed by atoms with Gasteiger partial charge in [0.2, 0.25) is 0 Å². The Bertz CT molecular complexity index is 944. The van der Waals surface area contributed by atoms with Gasteiger partial charge in [-0.05, 0) is 93.6 Å². The summed E-state index contributed by atoms with van der Waals surface area (Å²) >= 11 is 0. The van der Waals surface area contributed by atoms with Gasteiger partial charge >= 0.3 is 0 Å². The molecule has 2 aromatic carbocycles. The van der Waals surface area contributed by atoms with Crippen molar-refractivity contribution < 1.29 is 14.3 Å². The standard InChI is InChI=1S/C27H34N2O3/c1-3-4-15-31-24-11-12-26-19(16-24)13-14-29(27(26)30)20-7-9-23(10-8-20)32-25-17-21-5-6-22(18-25)28(21)2/h7-12,16,21-22,25H,3-6,13-15,17-18H2,1-2H3/t21-,22+,25+. The van der Waals surface area contributed by atoms with Crippen molar-refractivity contribution in [3.63, 3.8) is 0 Å². The molecule has 1 amide bonds. The molecule has 2 bridgehead atoms. The first-order valence-corrected chi connectivity index (χ1v) is 12.2. The minimum absolute atomic E-state index is 0.0620. The third-order valence-electron chi connectivity index (χ3n) is 7.43. The molecule has 2 fully saturated rings. The number of carbonyl (C=O) groups is 1. The number of hydrogen-bond donors (Lipinski definition) is 0. The van der Waals surface area contributed by atoms with Crippen LogP contribution in [0, 0.1) is 0 Å². The molecule has 3 atom stereocenters. The van der Waals surface area contributed by atoms with Crippen molar-refractivity contribution in [1.29, 1.82) is 0 Å². The van der Waals surface area contributed by atoms with Crippen LogP contribution >= 0.6 is 0 Å². The van der Waals surface area contributed by atoms with Crippen molar-refractivity contribution >= 4 is 11.6 Å². The van der Waals surface area contributed by atoms with Gasteiger partial charge in [-0.1, -0.05) is 13.3 Å². The minimum Gasteiger partial charge on any atom is -0.494 e. The molecule has 3 heterocycles. The summed E-state index contributed by atoms with van der Waals surface area (Å²) in [6.07, 6.45) is 8.11. The van der Waals surface area contributed by atoms with Crippen LogP contribution in [0.2, 0.25) is 0 Å². The highest BCUT2D eigenvalue weighted by Gasteiger charge is 2.39. The second kappa shape index (κ2) is 9.14. The Morgan fingerprint density at radius 3 is 2.44 bits per heavy atom. The van der Waals surface area contributed by atoms with Crippen LogP contribution in [0.4, 0.5) is 5.69 Å². The van der Waals surface area contributed by atoms with Gasteiger partial charge < -0.3 is 19.3 Å². The lowest BCUT2D eigenvalue weighted by atomic mass is 9.98. The normalized spacial score (nSPS) is 25.0. The number of piperidine rings is 1. The van der Waals surface area contributed by atoms with Crippen LogP contribution in [0.3, 0.4) is 0 Å². The van der Waals surface area contributed by atoms with Crippen LogP contribution in [0.5, 0.6) is 11.5 Å². The fraction of sp³-hybridized carbons (Fsp3) is 0.519. The number of fused-ring (bicyclic) bond motifs is 3. The van der Waals surface area contributed by atoms with Gasteiger partial charge in [0.05, 0.1) is 6.61 Å². The predicted octanol–water partition coefficient (Wildman–Crippen LogP) is 5.07. The summed E-state index contributed by atoms with van der Waals surface area (Å²) in [6.45, 7) is 3.56. The molecule has 0 aromatic heterocycles. The highest BCUT2D eigenvalue weighted by molar-refractivity contribution is 6.08. The van der Waals surface area contributed by atoms with Crippen LogP contribution < -0.4 is 14.4 Å². The van der Waals surface area contributed by atoms with E-state index in [0.717, 1.165) is 67.0 Å². The first kappa shape index (κ1) is 21.3. The molecule has 5 heteroatoms. The number of ether oxygens (including phenoxy) is 2. The van der Waals surface area contributed by atoms with E-state index in [2.05, 4.69) is 18.9 Å². The maximum Gasteiger partial charge on any atom is 0.258 e. The summed E-state index contributed by atoms with van der Waals surface area (Å²) in [5, 5.41) is 0. The molecule has 5 nitrogen and oxygen atoms in total. The van der Waals surface area contributed by atoms with Gasteiger partial charge in [0, 0.05) is 29.9 Å². The van der Waals surface area contributed by atoms with Gasteiger partial charge in [0.25, 0.3) is 5.91 Å². The van der Waals surface area contributed by atoms with E-state index >= 15 is 0 Å². The van der Waals surface area contributed by atoms with Crippen molar-refractivity contribution in [2.45, 2.75) is 70.1 Å². The molecule has 5 rings (SSSR count). The summed E-state index contributed by atoms with van der Waals surface area (Å²) in [6, 6.07) is 15.3. The molecule has 2 aromatic rings. The summed E-state index contributed by atoms with van der Waals surface area (Å²) < 4.78 is 12.1. The molecule has 3 aliphatic rings. The van der Waals surface area contributed by atoms with E-state index in [-0.39, 0.29) is 5.91 Å². The predicted molar refractivity (Wildman–Crippen MR) is 127 cm³/mol. The van der Waals surface area contributed by atoms with Crippen molar-refractivity contribution in [2.24, 2.45) is 0 Å². The quantitative estimate of drug-likeness (QED) is 0.571. The SMILES string of the molecule is CCCCOc1ccc2c(c1)CCN(c1ccc(O[C@H]3C[C@H]4CC[C@@H](C3)N4C)cc1)C2=O. The van der Waals surface area contributed by atoms with E-state index in [4.69, 9.17) is 9.47 Å². The van der Waals surface area contributed by atoms with Crippen LogP contribution in [-0.2, 0) is 6.42 Å². The third-order valence-corrected chi connectivity index (χ3v) is 7.43. The van der Waals surface area contributed by atoms with Crippen LogP contribution in [0.15, 0.2) is 42.5 Å². The van der Waals surface area contributed by atoms with Gasteiger partial charge in [-0.3, -0.25) is 4.79 Å². The topological polar surface area (TPSA) is 42.0 Å². The fourth-order valence-electron chi connectivity index (χ4n) is 5.49. The highest BCUT2D eigenvalue weighted by atomic mass is 16.5. The van der Waals surface area contributed by atoms with Gasteiger partial charge in [0.15, 0.2) is 0 Å². The van der Waals surface area contributed by atoms with Crippen molar-refractivity contribution in [3.05, 3.63) is 53.6 Å². The van der Waals surface area contributed by atoms with E-state index in [1.54, 1.807) is 0 Å². The van der Waals surface area contributed by atoms with E-state index in [9.17, 15) is 4.79 Å². The molecular formula is C27H34N2O3. The van der Waals surface area contributed by atoms with E-state index in [0.29, 0.717) is 24.7 Å². The number of nitrogens with zero attached hydrogens (tertiary/aromatic N) is 2. The van der Waals surface area contributed by atoms with Crippen molar-refractivity contribution in [3.8, 4) is 11.5 Å². The molecule has 0 saturated carbocycles. The van der Waals surface area contributed by atoms with Gasteiger partial charge in [-0.2, -0.15) is 0 Å². The Morgan fingerprint density at radius 1 is 1.00 bits per heavy atom. The first-order valence-electron chi connectivity index (χ1n) is 12.2. The molecule has 170 valence electrons. The lowest BCUT2D eigenvalue weighted by molar-refractivity contribution is 0.0661. The smallest absolute Gasteiger partial charge is 0.258 e. The molecular weight excluding hydrogens is 400 g/mol. The Labute approximate surface area is 191 Å². The lowest BCUT2D eigenvalue weighted by Gasteiger charge is -2.36.